The Morgan fingerprint density at radius 3 is 3.05 bits per heavy atom. The van der Waals surface area contributed by atoms with Crippen LogP contribution in [0.5, 0.6) is 0 Å². The summed E-state index contributed by atoms with van der Waals surface area (Å²) in [5.41, 5.74) is 9.18. The molecule has 3 N–H and O–H groups in total. The van der Waals surface area contributed by atoms with Crippen LogP contribution in [0.15, 0.2) is 18.2 Å². The zero-order chi connectivity index (χ0) is 13.2. The molecule has 102 valence electrons. The second-order valence-electron chi connectivity index (χ2n) is 5.63. The summed E-state index contributed by atoms with van der Waals surface area (Å²) in [4.78, 5) is 14.1. The van der Waals surface area contributed by atoms with Crippen LogP contribution < -0.4 is 16.0 Å². The maximum atomic E-state index is 12.0. The van der Waals surface area contributed by atoms with Gasteiger partial charge in [0.15, 0.2) is 0 Å². The van der Waals surface area contributed by atoms with Crippen LogP contribution in [0.2, 0.25) is 0 Å². The first-order chi connectivity index (χ1) is 9.24. The quantitative estimate of drug-likeness (QED) is 0.807. The van der Waals surface area contributed by atoms with Crippen LogP contribution >= 0.6 is 0 Å². The van der Waals surface area contributed by atoms with Gasteiger partial charge in [0.05, 0.1) is 17.9 Å². The SMILES string of the molecule is Nc1cccc2c1N(CC(=O)NCC1CC1)CCC2. The number of nitrogens with zero attached hydrogens (tertiary/aromatic N) is 1. The molecule has 0 atom stereocenters. The maximum Gasteiger partial charge on any atom is 0.239 e. The molecule has 0 saturated heterocycles. The molecule has 1 aliphatic carbocycles. The molecule has 1 fully saturated rings. The highest BCUT2D eigenvalue weighted by Crippen LogP contribution is 2.32. The van der Waals surface area contributed by atoms with E-state index in [9.17, 15) is 4.79 Å². The third-order valence-corrected chi connectivity index (χ3v) is 3.96. The second-order valence-corrected chi connectivity index (χ2v) is 5.63. The molecule has 0 bridgehead atoms. The molecule has 4 nitrogen and oxygen atoms in total. The van der Waals surface area contributed by atoms with Gasteiger partial charge in [-0.05, 0) is 43.2 Å². The van der Waals surface area contributed by atoms with Crippen LogP contribution in [0.4, 0.5) is 11.4 Å². The summed E-state index contributed by atoms with van der Waals surface area (Å²) in [5.74, 6) is 0.839. The normalized spacial score (nSPS) is 18.0. The fraction of sp³-hybridized carbons (Fsp3) is 0.533. The summed E-state index contributed by atoms with van der Waals surface area (Å²) in [6.45, 7) is 2.18. The molecule has 1 aromatic rings. The molecule has 1 saturated carbocycles. The van der Waals surface area contributed by atoms with Gasteiger partial charge in [0.2, 0.25) is 5.91 Å². The van der Waals surface area contributed by atoms with Crippen molar-refractivity contribution in [2.45, 2.75) is 25.7 Å². The standard InChI is InChI=1S/C15H21N3O/c16-13-5-1-3-12-4-2-8-18(15(12)13)10-14(19)17-9-11-6-7-11/h1,3,5,11H,2,4,6-10,16H2,(H,17,19). The molecule has 0 spiro atoms. The first-order valence-corrected chi connectivity index (χ1v) is 7.13. The molecule has 0 unspecified atom stereocenters. The number of anilines is 2. The molecule has 0 aromatic heterocycles. The Morgan fingerprint density at radius 2 is 2.26 bits per heavy atom. The van der Waals surface area contributed by atoms with Gasteiger partial charge < -0.3 is 16.0 Å². The van der Waals surface area contributed by atoms with Crippen LogP contribution in [0.3, 0.4) is 0 Å². The zero-order valence-electron chi connectivity index (χ0n) is 11.2. The van der Waals surface area contributed by atoms with Crippen molar-refractivity contribution in [2.75, 3.05) is 30.3 Å². The monoisotopic (exact) mass is 259 g/mol. The Morgan fingerprint density at radius 1 is 1.42 bits per heavy atom. The van der Waals surface area contributed by atoms with E-state index in [0.29, 0.717) is 6.54 Å². The van der Waals surface area contributed by atoms with Crippen molar-refractivity contribution in [3.05, 3.63) is 23.8 Å². The molecule has 1 aromatic carbocycles. The van der Waals surface area contributed by atoms with E-state index in [4.69, 9.17) is 5.73 Å². The average molecular weight is 259 g/mol. The van der Waals surface area contributed by atoms with Crippen LogP contribution in [0.1, 0.15) is 24.8 Å². The minimum atomic E-state index is 0.114. The van der Waals surface area contributed by atoms with Crippen LogP contribution in [-0.4, -0.2) is 25.5 Å². The molecule has 2 aliphatic rings. The van der Waals surface area contributed by atoms with Crippen molar-refractivity contribution in [3.8, 4) is 0 Å². The fourth-order valence-electron chi connectivity index (χ4n) is 2.74. The molecular formula is C15H21N3O. The van der Waals surface area contributed by atoms with Crippen LogP contribution in [-0.2, 0) is 11.2 Å². The van der Waals surface area contributed by atoms with Gasteiger partial charge in [0.25, 0.3) is 0 Å². The number of amides is 1. The van der Waals surface area contributed by atoms with E-state index in [0.717, 1.165) is 43.2 Å². The van der Waals surface area contributed by atoms with E-state index in [2.05, 4.69) is 16.3 Å². The van der Waals surface area contributed by atoms with Gasteiger partial charge in [-0.3, -0.25) is 4.79 Å². The summed E-state index contributed by atoms with van der Waals surface area (Å²) >= 11 is 0. The van der Waals surface area contributed by atoms with Crippen LogP contribution in [0.25, 0.3) is 0 Å². The van der Waals surface area contributed by atoms with Crippen molar-refractivity contribution in [1.29, 1.82) is 0 Å². The number of carbonyl (C=O) groups is 1. The molecule has 3 rings (SSSR count). The van der Waals surface area contributed by atoms with E-state index >= 15 is 0 Å². The summed E-state index contributed by atoms with van der Waals surface area (Å²) in [5, 5.41) is 3.02. The molecule has 1 heterocycles. The lowest BCUT2D eigenvalue weighted by Gasteiger charge is -2.31. The molecule has 1 aliphatic heterocycles. The van der Waals surface area contributed by atoms with Crippen molar-refractivity contribution < 1.29 is 4.79 Å². The number of hydrogen-bond acceptors (Lipinski definition) is 3. The lowest BCUT2D eigenvalue weighted by molar-refractivity contribution is -0.119. The molecule has 4 heteroatoms. The number of benzene rings is 1. The number of fused-ring (bicyclic) bond motifs is 1. The van der Waals surface area contributed by atoms with Gasteiger partial charge in [-0.1, -0.05) is 12.1 Å². The number of nitrogen functional groups attached to an aromatic ring is 1. The highest BCUT2D eigenvalue weighted by Gasteiger charge is 2.24. The second kappa shape index (κ2) is 5.11. The lowest BCUT2D eigenvalue weighted by Crippen LogP contribution is -2.40. The summed E-state index contributed by atoms with van der Waals surface area (Å²) in [6.07, 6.45) is 4.67. The third kappa shape index (κ3) is 2.83. The van der Waals surface area contributed by atoms with Crippen molar-refractivity contribution >= 4 is 17.3 Å². The number of rotatable bonds is 4. The molecule has 0 radical (unpaired) electrons. The number of hydrogen-bond donors (Lipinski definition) is 2. The predicted octanol–water partition coefficient (Wildman–Crippen LogP) is 1.55. The average Bonchev–Trinajstić information content (AvgIpc) is 3.21. The Kier molecular flexibility index (Phi) is 3.32. The van der Waals surface area contributed by atoms with Gasteiger partial charge in [0, 0.05) is 13.1 Å². The summed E-state index contributed by atoms with van der Waals surface area (Å²) in [7, 11) is 0. The largest absolute Gasteiger partial charge is 0.397 e. The lowest BCUT2D eigenvalue weighted by atomic mass is 10.0. The van der Waals surface area contributed by atoms with E-state index in [1.807, 2.05) is 12.1 Å². The highest BCUT2D eigenvalue weighted by atomic mass is 16.2. The van der Waals surface area contributed by atoms with Crippen molar-refractivity contribution in [1.82, 2.24) is 5.32 Å². The number of para-hydroxylation sites is 1. The van der Waals surface area contributed by atoms with E-state index in [1.54, 1.807) is 0 Å². The van der Waals surface area contributed by atoms with E-state index in [1.165, 1.54) is 18.4 Å². The fourth-order valence-corrected chi connectivity index (χ4v) is 2.74. The first kappa shape index (κ1) is 12.3. The first-order valence-electron chi connectivity index (χ1n) is 7.13. The zero-order valence-corrected chi connectivity index (χ0v) is 11.2. The Balaban J connectivity index is 1.66. The molecule has 1 amide bonds. The predicted molar refractivity (Wildman–Crippen MR) is 77.1 cm³/mol. The maximum absolute atomic E-state index is 12.0. The highest BCUT2D eigenvalue weighted by molar-refractivity contribution is 5.84. The Hall–Kier alpha value is -1.71. The molecule has 19 heavy (non-hydrogen) atoms. The van der Waals surface area contributed by atoms with Gasteiger partial charge in [-0.25, -0.2) is 0 Å². The van der Waals surface area contributed by atoms with Gasteiger partial charge in [-0.2, -0.15) is 0 Å². The van der Waals surface area contributed by atoms with Crippen molar-refractivity contribution in [2.24, 2.45) is 5.92 Å². The van der Waals surface area contributed by atoms with E-state index < -0.39 is 0 Å². The van der Waals surface area contributed by atoms with Gasteiger partial charge in [-0.15, -0.1) is 0 Å². The van der Waals surface area contributed by atoms with Gasteiger partial charge in [0.1, 0.15) is 0 Å². The minimum absolute atomic E-state index is 0.114. The smallest absolute Gasteiger partial charge is 0.239 e. The molecular weight excluding hydrogens is 238 g/mol. The van der Waals surface area contributed by atoms with Crippen molar-refractivity contribution in [3.63, 3.8) is 0 Å². The number of nitrogens with one attached hydrogen (secondary N) is 1. The van der Waals surface area contributed by atoms with Gasteiger partial charge >= 0.3 is 0 Å². The third-order valence-electron chi connectivity index (χ3n) is 3.96. The van der Waals surface area contributed by atoms with Crippen LogP contribution in [0, 0.1) is 5.92 Å². The Bertz CT molecular complexity index is 482. The number of carbonyl (C=O) groups excluding carboxylic acids is 1. The minimum Gasteiger partial charge on any atom is -0.397 e. The topological polar surface area (TPSA) is 58.4 Å². The number of nitrogens with two attached hydrogens (primary N) is 1. The van der Waals surface area contributed by atoms with E-state index in [-0.39, 0.29) is 5.91 Å². The summed E-state index contributed by atoms with van der Waals surface area (Å²) < 4.78 is 0. The summed E-state index contributed by atoms with van der Waals surface area (Å²) in [6, 6.07) is 6.02. The number of aryl methyl sites for hydroxylation is 1. The Labute approximate surface area is 114 Å².